The Morgan fingerprint density at radius 1 is 0.970 bits per heavy atom. The number of pyridine rings is 1. The number of benzene rings is 2. The third-order valence-electron chi connectivity index (χ3n) is 4.99. The van der Waals surface area contributed by atoms with Crippen LogP contribution in [-0.4, -0.2) is 43.7 Å². The molecule has 0 radical (unpaired) electrons. The van der Waals surface area contributed by atoms with E-state index in [1.165, 1.54) is 11.8 Å². The molecular weight excluding hydrogens is 434 g/mol. The molecule has 0 aliphatic heterocycles. The molecule has 0 bridgehead atoms. The number of thioether (sulfide) groups is 1. The fraction of sp³-hybridized carbons (Fsp3) is 0.160. The number of hydrogen-bond acceptors (Lipinski definition) is 6. The topological polar surface area (TPSA) is 89.8 Å². The lowest BCUT2D eigenvalue weighted by Crippen LogP contribution is -2.30. The van der Waals surface area contributed by atoms with E-state index in [0.29, 0.717) is 22.2 Å². The molecule has 8 heteroatoms. The molecule has 0 saturated carbocycles. The van der Waals surface area contributed by atoms with Gasteiger partial charge in [0.05, 0.1) is 18.0 Å². The van der Waals surface area contributed by atoms with E-state index in [1.54, 1.807) is 30.5 Å². The van der Waals surface area contributed by atoms with Gasteiger partial charge in [-0.15, -0.1) is 10.2 Å². The first-order valence-electron chi connectivity index (χ1n) is 10.4. The Balaban J connectivity index is 1.52. The van der Waals surface area contributed by atoms with E-state index in [9.17, 15) is 9.59 Å². The van der Waals surface area contributed by atoms with Crippen molar-refractivity contribution in [1.29, 1.82) is 0 Å². The monoisotopic (exact) mass is 457 g/mol. The van der Waals surface area contributed by atoms with Crippen molar-refractivity contribution in [3.63, 3.8) is 0 Å². The number of Topliss-reactive ketones (excluding diaryl/α,β-unsaturated/α-hetero) is 1. The van der Waals surface area contributed by atoms with E-state index in [2.05, 4.69) is 26.6 Å². The number of nitrogens with zero attached hydrogens (tertiary/aromatic N) is 4. The van der Waals surface area contributed by atoms with Crippen LogP contribution in [0, 0.1) is 13.8 Å². The summed E-state index contributed by atoms with van der Waals surface area (Å²) in [5, 5.41) is 12.0. The Morgan fingerprint density at radius 3 is 2.48 bits per heavy atom. The van der Waals surface area contributed by atoms with Crippen LogP contribution in [0.15, 0.2) is 78.1 Å². The minimum Gasteiger partial charge on any atom is -0.348 e. The number of aryl methyl sites for hydroxylation is 2. The fourth-order valence-corrected chi connectivity index (χ4v) is 4.16. The van der Waals surface area contributed by atoms with E-state index in [0.717, 1.165) is 16.8 Å². The molecule has 0 saturated heterocycles. The Morgan fingerprint density at radius 2 is 1.76 bits per heavy atom. The van der Waals surface area contributed by atoms with Gasteiger partial charge in [0.2, 0.25) is 5.91 Å². The van der Waals surface area contributed by atoms with Crippen molar-refractivity contribution >= 4 is 23.5 Å². The first-order valence-corrected chi connectivity index (χ1v) is 11.4. The number of nitrogens with one attached hydrogen (secondary N) is 1. The largest absolute Gasteiger partial charge is 0.348 e. The normalized spacial score (nSPS) is 10.7. The summed E-state index contributed by atoms with van der Waals surface area (Å²) in [6.45, 7) is 4.02. The van der Waals surface area contributed by atoms with Gasteiger partial charge in [0.15, 0.2) is 16.8 Å². The summed E-state index contributed by atoms with van der Waals surface area (Å²) >= 11 is 1.26. The number of aromatic nitrogens is 4. The van der Waals surface area contributed by atoms with Crippen molar-refractivity contribution in [3.05, 3.63) is 89.6 Å². The number of ketones is 1. The molecule has 2 aromatic heterocycles. The summed E-state index contributed by atoms with van der Waals surface area (Å²) in [7, 11) is 0. The molecule has 0 fully saturated rings. The van der Waals surface area contributed by atoms with Crippen LogP contribution in [0.5, 0.6) is 0 Å². The highest BCUT2D eigenvalue weighted by atomic mass is 32.2. The second-order valence-corrected chi connectivity index (χ2v) is 8.44. The Kier molecular flexibility index (Phi) is 6.95. The molecule has 0 aliphatic carbocycles. The molecule has 4 rings (SSSR count). The lowest BCUT2D eigenvalue weighted by atomic mass is 10.1. The standard InChI is InChI=1S/C25H23N5O2S/c1-17-11-12-21(18(2)14-17)30-24(20-10-6-7-13-26-20)28-29-25(30)33-16-23(32)27-15-22(31)19-8-4-3-5-9-19/h3-14H,15-16H2,1-2H3,(H,27,32). The zero-order chi connectivity index (χ0) is 23.2. The lowest BCUT2D eigenvalue weighted by molar-refractivity contribution is -0.118. The van der Waals surface area contributed by atoms with Crippen molar-refractivity contribution in [2.75, 3.05) is 12.3 Å². The lowest BCUT2D eigenvalue weighted by Gasteiger charge is -2.13. The second-order valence-electron chi connectivity index (χ2n) is 7.50. The molecule has 2 heterocycles. The average Bonchev–Trinajstić information content (AvgIpc) is 3.26. The van der Waals surface area contributed by atoms with Gasteiger partial charge in [-0.25, -0.2) is 0 Å². The van der Waals surface area contributed by atoms with Gasteiger partial charge < -0.3 is 5.32 Å². The van der Waals surface area contributed by atoms with Gasteiger partial charge in [0.1, 0.15) is 5.69 Å². The van der Waals surface area contributed by atoms with Crippen molar-refractivity contribution in [2.24, 2.45) is 0 Å². The SMILES string of the molecule is Cc1ccc(-n2c(SCC(=O)NCC(=O)c3ccccc3)nnc2-c2ccccn2)c(C)c1. The summed E-state index contributed by atoms with van der Waals surface area (Å²) in [6, 6.07) is 20.7. The van der Waals surface area contributed by atoms with Crippen molar-refractivity contribution < 1.29 is 9.59 Å². The van der Waals surface area contributed by atoms with Crippen LogP contribution in [0.3, 0.4) is 0 Å². The molecular formula is C25H23N5O2S. The molecule has 7 nitrogen and oxygen atoms in total. The quantitative estimate of drug-likeness (QED) is 0.317. The maximum atomic E-state index is 12.4. The van der Waals surface area contributed by atoms with Gasteiger partial charge in [0.25, 0.3) is 0 Å². The number of hydrogen-bond donors (Lipinski definition) is 1. The van der Waals surface area contributed by atoms with Gasteiger partial charge >= 0.3 is 0 Å². The highest BCUT2D eigenvalue weighted by Gasteiger charge is 2.19. The molecule has 2 aromatic carbocycles. The Bertz CT molecular complexity index is 1270. The molecule has 0 aliphatic rings. The van der Waals surface area contributed by atoms with E-state index in [-0.39, 0.29) is 24.0 Å². The maximum Gasteiger partial charge on any atom is 0.230 e. The van der Waals surface area contributed by atoms with Crippen LogP contribution in [0.4, 0.5) is 0 Å². The van der Waals surface area contributed by atoms with Gasteiger partial charge in [-0.1, -0.05) is 65.9 Å². The van der Waals surface area contributed by atoms with Gasteiger partial charge in [-0.05, 0) is 37.6 Å². The number of carbonyl (C=O) groups excluding carboxylic acids is 2. The van der Waals surface area contributed by atoms with Crippen LogP contribution in [0.2, 0.25) is 0 Å². The van der Waals surface area contributed by atoms with Crippen LogP contribution < -0.4 is 5.32 Å². The zero-order valence-electron chi connectivity index (χ0n) is 18.4. The minimum atomic E-state index is -0.251. The summed E-state index contributed by atoms with van der Waals surface area (Å²) in [6.07, 6.45) is 1.71. The fourth-order valence-electron chi connectivity index (χ4n) is 3.38. The average molecular weight is 458 g/mol. The minimum absolute atomic E-state index is 0.0493. The van der Waals surface area contributed by atoms with Gasteiger partial charge in [-0.3, -0.25) is 19.1 Å². The molecule has 1 amide bonds. The number of carbonyl (C=O) groups is 2. The van der Waals surface area contributed by atoms with Crippen LogP contribution >= 0.6 is 11.8 Å². The zero-order valence-corrected chi connectivity index (χ0v) is 19.2. The van der Waals surface area contributed by atoms with E-state index in [1.807, 2.05) is 54.8 Å². The summed E-state index contributed by atoms with van der Waals surface area (Å²) in [4.78, 5) is 29.1. The van der Waals surface area contributed by atoms with Crippen LogP contribution in [0.1, 0.15) is 21.5 Å². The van der Waals surface area contributed by atoms with E-state index in [4.69, 9.17) is 0 Å². The van der Waals surface area contributed by atoms with Crippen molar-refractivity contribution in [3.8, 4) is 17.2 Å². The highest BCUT2D eigenvalue weighted by Crippen LogP contribution is 2.29. The smallest absolute Gasteiger partial charge is 0.230 e. The van der Waals surface area contributed by atoms with Crippen molar-refractivity contribution in [2.45, 2.75) is 19.0 Å². The van der Waals surface area contributed by atoms with E-state index >= 15 is 0 Å². The molecule has 0 unspecified atom stereocenters. The first-order chi connectivity index (χ1) is 16.0. The van der Waals surface area contributed by atoms with E-state index < -0.39 is 0 Å². The Labute approximate surface area is 196 Å². The van der Waals surface area contributed by atoms with Crippen LogP contribution in [0.25, 0.3) is 17.2 Å². The molecule has 1 N–H and O–H groups in total. The molecule has 0 atom stereocenters. The molecule has 4 aromatic rings. The predicted molar refractivity (Wildman–Crippen MR) is 129 cm³/mol. The van der Waals surface area contributed by atoms with Gasteiger partial charge in [0, 0.05) is 11.8 Å². The summed E-state index contributed by atoms with van der Waals surface area (Å²) in [5.41, 5.74) is 4.40. The predicted octanol–water partition coefficient (Wildman–Crippen LogP) is 4.04. The number of amides is 1. The third kappa shape index (κ3) is 5.35. The van der Waals surface area contributed by atoms with Gasteiger partial charge in [-0.2, -0.15) is 0 Å². The Hall–Kier alpha value is -3.78. The summed E-state index contributed by atoms with van der Waals surface area (Å²) < 4.78 is 1.92. The summed E-state index contributed by atoms with van der Waals surface area (Å²) in [5.74, 6) is 0.321. The third-order valence-corrected chi connectivity index (χ3v) is 5.92. The number of rotatable bonds is 8. The first kappa shape index (κ1) is 22.4. The van der Waals surface area contributed by atoms with Crippen LogP contribution in [-0.2, 0) is 4.79 Å². The highest BCUT2D eigenvalue weighted by molar-refractivity contribution is 7.99. The molecule has 0 spiro atoms. The maximum absolute atomic E-state index is 12.4. The molecule has 166 valence electrons. The van der Waals surface area contributed by atoms with Crippen molar-refractivity contribution in [1.82, 2.24) is 25.1 Å². The molecule has 33 heavy (non-hydrogen) atoms. The second kappa shape index (κ2) is 10.2.